The molecule has 2 nitrogen and oxygen atoms in total. The van der Waals surface area contributed by atoms with Crippen molar-refractivity contribution in [1.82, 2.24) is 10.2 Å². The molecule has 0 bridgehead atoms. The zero-order valence-corrected chi connectivity index (χ0v) is 12.8. The summed E-state index contributed by atoms with van der Waals surface area (Å²) in [7, 11) is 2.25. The van der Waals surface area contributed by atoms with E-state index in [1.165, 1.54) is 45.2 Å². The molecule has 0 amide bonds. The van der Waals surface area contributed by atoms with Gasteiger partial charge in [0.15, 0.2) is 0 Å². The Labute approximate surface area is 109 Å². The van der Waals surface area contributed by atoms with Crippen molar-refractivity contribution < 1.29 is 0 Å². The van der Waals surface area contributed by atoms with Crippen LogP contribution >= 0.6 is 0 Å². The van der Waals surface area contributed by atoms with Crippen LogP contribution in [0.15, 0.2) is 0 Å². The van der Waals surface area contributed by atoms with Crippen LogP contribution in [-0.4, -0.2) is 37.6 Å². The highest BCUT2D eigenvalue weighted by molar-refractivity contribution is 4.62. The molecular formula is C15H34N2. The van der Waals surface area contributed by atoms with E-state index >= 15 is 0 Å². The molecule has 0 fully saturated rings. The molecule has 0 spiro atoms. The molecule has 0 aromatic carbocycles. The minimum Gasteiger partial charge on any atom is -0.314 e. The smallest absolute Gasteiger partial charge is 0.00387 e. The topological polar surface area (TPSA) is 15.3 Å². The van der Waals surface area contributed by atoms with Gasteiger partial charge in [-0.3, -0.25) is 0 Å². The van der Waals surface area contributed by atoms with Crippen LogP contribution in [0.1, 0.15) is 59.8 Å². The molecular weight excluding hydrogens is 208 g/mol. The molecule has 2 atom stereocenters. The van der Waals surface area contributed by atoms with Crippen molar-refractivity contribution in [1.29, 1.82) is 0 Å². The van der Waals surface area contributed by atoms with Crippen molar-refractivity contribution in [2.24, 2.45) is 5.92 Å². The van der Waals surface area contributed by atoms with E-state index in [2.05, 4.69) is 45.0 Å². The van der Waals surface area contributed by atoms with Crippen molar-refractivity contribution in [3.8, 4) is 0 Å². The quantitative estimate of drug-likeness (QED) is 0.558. The second-order valence-corrected chi connectivity index (χ2v) is 5.63. The van der Waals surface area contributed by atoms with Crippen molar-refractivity contribution in [2.45, 2.75) is 65.8 Å². The van der Waals surface area contributed by atoms with Gasteiger partial charge in [-0.2, -0.15) is 0 Å². The molecule has 1 N–H and O–H groups in total. The second-order valence-electron chi connectivity index (χ2n) is 5.63. The van der Waals surface area contributed by atoms with E-state index < -0.39 is 0 Å². The Morgan fingerprint density at radius 3 is 2.41 bits per heavy atom. The fourth-order valence-corrected chi connectivity index (χ4v) is 2.08. The van der Waals surface area contributed by atoms with Gasteiger partial charge in [0, 0.05) is 12.6 Å². The highest BCUT2D eigenvalue weighted by Crippen LogP contribution is 2.05. The van der Waals surface area contributed by atoms with Crippen LogP contribution in [0.4, 0.5) is 0 Å². The van der Waals surface area contributed by atoms with Crippen molar-refractivity contribution in [3.05, 3.63) is 0 Å². The van der Waals surface area contributed by atoms with Crippen molar-refractivity contribution in [3.63, 3.8) is 0 Å². The van der Waals surface area contributed by atoms with Gasteiger partial charge in [0.2, 0.25) is 0 Å². The lowest BCUT2D eigenvalue weighted by Crippen LogP contribution is -2.28. The summed E-state index contributed by atoms with van der Waals surface area (Å²) in [5, 5.41) is 3.55. The molecule has 0 aromatic rings. The van der Waals surface area contributed by atoms with Crippen LogP contribution in [0, 0.1) is 5.92 Å². The number of hydrogen-bond acceptors (Lipinski definition) is 2. The lowest BCUT2D eigenvalue weighted by Gasteiger charge is -2.20. The van der Waals surface area contributed by atoms with Gasteiger partial charge < -0.3 is 10.2 Å². The Bertz CT molecular complexity index is 159. The fourth-order valence-electron chi connectivity index (χ4n) is 2.08. The molecule has 0 rings (SSSR count). The van der Waals surface area contributed by atoms with E-state index in [0.29, 0.717) is 6.04 Å². The fraction of sp³-hybridized carbons (Fsp3) is 1.00. The first-order chi connectivity index (χ1) is 8.10. The van der Waals surface area contributed by atoms with E-state index in [-0.39, 0.29) is 0 Å². The summed E-state index contributed by atoms with van der Waals surface area (Å²) in [6.07, 6.45) is 6.54. The highest BCUT2D eigenvalue weighted by atomic mass is 15.1. The van der Waals surface area contributed by atoms with Gasteiger partial charge in [-0.1, -0.05) is 33.6 Å². The molecule has 0 aromatic heterocycles. The van der Waals surface area contributed by atoms with E-state index in [9.17, 15) is 0 Å². The summed E-state index contributed by atoms with van der Waals surface area (Å²) in [6, 6.07) is 0.690. The average Bonchev–Trinajstić information content (AvgIpc) is 2.31. The zero-order chi connectivity index (χ0) is 13.1. The molecule has 0 aliphatic rings. The van der Waals surface area contributed by atoms with Crippen molar-refractivity contribution >= 4 is 0 Å². The van der Waals surface area contributed by atoms with Crippen molar-refractivity contribution in [2.75, 3.05) is 26.7 Å². The third-order valence-electron chi connectivity index (χ3n) is 3.49. The normalized spacial score (nSPS) is 15.2. The standard InChI is InChI=1S/C15H34N2/c1-6-11-16-15(4)10-8-9-12-17(5)13-14(3)7-2/h14-16H,6-13H2,1-5H3. The zero-order valence-electron chi connectivity index (χ0n) is 12.8. The lowest BCUT2D eigenvalue weighted by atomic mass is 10.1. The number of nitrogens with one attached hydrogen (secondary N) is 1. The van der Waals surface area contributed by atoms with Crippen LogP contribution in [0.25, 0.3) is 0 Å². The van der Waals surface area contributed by atoms with Gasteiger partial charge in [-0.15, -0.1) is 0 Å². The van der Waals surface area contributed by atoms with Crippen LogP contribution in [0.3, 0.4) is 0 Å². The molecule has 104 valence electrons. The maximum absolute atomic E-state index is 3.55. The van der Waals surface area contributed by atoms with E-state index in [1.807, 2.05) is 0 Å². The number of nitrogens with zero attached hydrogens (tertiary/aromatic N) is 1. The summed E-state index contributed by atoms with van der Waals surface area (Å²) < 4.78 is 0. The Morgan fingerprint density at radius 2 is 1.82 bits per heavy atom. The van der Waals surface area contributed by atoms with Gasteiger partial charge >= 0.3 is 0 Å². The molecule has 2 unspecified atom stereocenters. The van der Waals surface area contributed by atoms with Crippen LogP contribution in [-0.2, 0) is 0 Å². The molecule has 0 aliphatic heterocycles. The molecule has 2 heteroatoms. The first-order valence-corrected chi connectivity index (χ1v) is 7.52. The molecule has 0 saturated carbocycles. The summed E-state index contributed by atoms with van der Waals surface area (Å²) in [6.45, 7) is 12.8. The predicted octanol–water partition coefficient (Wildman–Crippen LogP) is 3.52. The lowest BCUT2D eigenvalue weighted by molar-refractivity contribution is 0.274. The second kappa shape index (κ2) is 11.0. The number of unbranched alkanes of at least 4 members (excludes halogenated alkanes) is 1. The predicted molar refractivity (Wildman–Crippen MR) is 78.6 cm³/mol. The Kier molecular flexibility index (Phi) is 11.0. The van der Waals surface area contributed by atoms with Gasteiger partial charge in [0.05, 0.1) is 0 Å². The first-order valence-electron chi connectivity index (χ1n) is 7.52. The van der Waals surface area contributed by atoms with E-state index in [0.717, 1.165) is 12.5 Å². The first kappa shape index (κ1) is 16.9. The monoisotopic (exact) mass is 242 g/mol. The number of rotatable bonds is 11. The summed E-state index contributed by atoms with van der Waals surface area (Å²) in [4.78, 5) is 2.48. The SMILES string of the molecule is CCCNC(C)CCCCN(C)CC(C)CC. The molecule has 0 radical (unpaired) electrons. The average molecular weight is 242 g/mol. The third-order valence-corrected chi connectivity index (χ3v) is 3.49. The van der Waals surface area contributed by atoms with Gasteiger partial charge in [-0.25, -0.2) is 0 Å². The van der Waals surface area contributed by atoms with Gasteiger partial charge in [0.25, 0.3) is 0 Å². The van der Waals surface area contributed by atoms with Crippen LogP contribution < -0.4 is 5.32 Å². The largest absolute Gasteiger partial charge is 0.314 e. The molecule has 0 saturated heterocycles. The minimum atomic E-state index is 0.690. The van der Waals surface area contributed by atoms with Crippen LogP contribution in [0.2, 0.25) is 0 Å². The highest BCUT2D eigenvalue weighted by Gasteiger charge is 2.04. The maximum atomic E-state index is 3.55. The molecule has 17 heavy (non-hydrogen) atoms. The Balaban J connectivity index is 3.37. The van der Waals surface area contributed by atoms with Crippen LogP contribution in [0.5, 0.6) is 0 Å². The summed E-state index contributed by atoms with van der Waals surface area (Å²) in [5.74, 6) is 0.838. The third kappa shape index (κ3) is 10.8. The van der Waals surface area contributed by atoms with E-state index in [1.54, 1.807) is 0 Å². The number of hydrogen-bond donors (Lipinski definition) is 1. The Hall–Kier alpha value is -0.0800. The minimum absolute atomic E-state index is 0.690. The van der Waals surface area contributed by atoms with Gasteiger partial charge in [-0.05, 0) is 52.2 Å². The summed E-state index contributed by atoms with van der Waals surface area (Å²) >= 11 is 0. The summed E-state index contributed by atoms with van der Waals surface area (Å²) in [5.41, 5.74) is 0. The molecule has 0 aliphatic carbocycles. The Morgan fingerprint density at radius 1 is 1.12 bits per heavy atom. The molecule has 0 heterocycles. The van der Waals surface area contributed by atoms with E-state index in [4.69, 9.17) is 0 Å². The van der Waals surface area contributed by atoms with Gasteiger partial charge in [0.1, 0.15) is 0 Å². The maximum Gasteiger partial charge on any atom is 0.00387 e.